The van der Waals surface area contributed by atoms with E-state index in [1.807, 2.05) is 68.4 Å². The first-order valence-corrected chi connectivity index (χ1v) is 14.3. The second-order valence-electron chi connectivity index (χ2n) is 10.4. The monoisotopic (exact) mass is 603 g/mol. The molecule has 1 N–H and O–H groups in total. The van der Waals surface area contributed by atoms with E-state index in [1.165, 1.54) is 4.90 Å². The quantitative estimate of drug-likeness (QED) is 0.287. The number of hydrogen-bond acceptors (Lipinski definition) is 4. The number of benzene rings is 3. The lowest BCUT2D eigenvalue weighted by molar-refractivity contribution is -0.141. The molecule has 40 heavy (non-hydrogen) atoms. The van der Waals surface area contributed by atoms with Crippen LogP contribution in [0.2, 0.25) is 0 Å². The average molecular weight is 605 g/mol. The number of fused-ring (bicyclic) bond motifs is 1. The van der Waals surface area contributed by atoms with Gasteiger partial charge in [-0.1, -0.05) is 84.4 Å². The van der Waals surface area contributed by atoms with Crippen molar-refractivity contribution in [1.82, 2.24) is 15.1 Å². The number of nitrogens with one attached hydrogen (secondary N) is 1. The molecule has 0 saturated heterocycles. The molecule has 0 unspecified atom stereocenters. The van der Waals surface area contributed by atoms with Gasteiger partial charge in [-0.3, -0.25) is 24.1 Å². The second kappa shape index (κ2) is 13.5. The Balaban J connectivity index is 1.53. The summed E-state index contributed by atoms with van der Waals surface area (Å²) in [6.45, 7) is 4.94. The molecular weight excluding hydrogens is 570 g/mol. The molecule has 1 aliphatic rings. The molecular formula is C32H34BrN3O4. The van der Waals surface area contributed by atoms with Crippen LogP contribution in [-0.4, -0.2) is 52.6 Å². The lowest BCUT2D eigenvalue weighted by Crippen LogP contribution is -2.51. The maximum absolute atomic E-state index is 13.8. The second-order valence-corrected chi connectivity index (χ2v) is 11.3. The summed E-state index contributed by atoms with van der Waals surface area (Å²) in [6.07, 6.45) is 0.755. The van der Waals surface area contributed by atoms with Gasteiger partial charge in [0.15, 0.2) is 0 Å². The van der Waals surface area contributed by atoms with Gasteiger partial charge in [0.2, 0.25) is 11.8 Å². The summed E-state index contributed by atoms with van der Waals surface area (Å²) < 4.78 is 0.922. The topological polar surface area (TPSA) is 86.8 Å². The van der Waals surface area contributed by atoms with E-state index in [-0.39, 0.29) is 49.1 Å². The highest BCUT2D eigenvalue weighted by atomic mass is 79.9. The largest absolute Gasteiger partial charge is 0.354 e. The molecule has 4 amide bonds. The molecule has 1 atom stereocenters. The molecule has 208 valence electrons. The number of nitrogens with zero attached hydrogens (tertiary/aromatic N) is 2. The summed E-state index contributed by atoms with van der Waals surface area (Å²) in [5, 5.41) is 3.02. The summed E-state index contributed by atoms with van der Waals surface area (Å²) in [7, 11) is 0. The summed E-state index contributed by atoms with van der Waals surface area (Å²) in [5.74, 6) is -0.829. The van der Waals surface area contributed by atoms with Gasteiger partial charge in [-0.25, -0.2) is 0 Å². The number of carbonyl (C=O) groups excluding carboxylic acids is 4. The zero-order valence-corrected chi connectivity index (χ0v) is 24.4. The van der Waals surface area contributed by atoms with E-state index in [0.29, 0.717) is 30.5 Å². The smallest absolute Gasteiger partial charge is 0.261 e. The minimum atomic E-state index is -0.725. The van der Waals surface area contributed by atoms with Crippen molar-refractivity contribution >= 4 is 39.6 Å². The van der Waals surface area contributed by atoms with Crippen molar-refractivity contribution in [1.29, 1.82) is 0 Å². The molecule has 3 aromatic carbocycles. The van der Waals surface area contributed by atoms with Crippen LogP contribution in [0.3, 0.4) is 0 Å². The summed E-state index contributed by atoms with van der Waals surface area (Å²) in [4.78, 5) is 55.7. The van der Waals surface area contributed by atoms with E-state index in [1.54, 1.807) is 29.2 Å². The Morgan fingerprint density at radius 1 is 0.850 bits per heavy atom. The standard InChI is InChI=1S/C32H34BrN3O4/c1-22(2)20-34-30(38)28(19-23-9-4-3-5-10-23)36(21-24-14-16-25(33)17-15-24)29(37)13-8-18-35-31(39)26-11-6-7-12-27(26)32(35)40/h3-7,9-12,14-17,22,28H,8,13,18-21H2,1-2H3,(H,34,38)/t28-/m0/s1. The number of imide groups is 1. The number of amides is 4. The SMILES string of the molecule is CC(C)CNC(=O)[C@H](Cc1ccccc1)N(Cc1ccc(Br)cc1)C(=O)CCCN1C(=O)c2ccccc2C1=O. The molecule has 4 rings (SSSR count). The molecule has 8 heteroatoms. The van der Waals surface area contributed by atoms with Crippen molar-refractivity contribution in [2.75, 3.05) is 13.1 Å². The Labute approximate surface area is 243 Å². The van der Waals surface area contributed by atoms with Gasteiger partial charge < -0.3 is 10.2 Å². The fourth-order valence-electron chi connectivity index (χ4n) is 4.74. The van der Waals surface area contributed by atoms with Crippen LogP contribution in [-0.2, 0) is 22.6 Å². The molecule has 7 nitrogen and oxygen atoms in total. The van der Waals surface area contributed by atoms with Crippen LogP contribution in [0.5, 0.6) is 0 Å². The van der Waals surface area contributed by atoms with Crippen molar-refractivity contribution < 1.29 is 19.2 Å². The van der Waals surface area contributed by atoms with Crippen LogP contribution >= 0.6 is 15.9 Å². The fourth-order valence-corrected chi connectivity index (χ4v) is 5.00. The maximum atomic E-state index is 13.8. The predicted octanol–water partition coefficient (Wildman–Crippen LogP) is 5.24. The Morgan fingerprint density at radius 3 is 2.05 bits per heavy atom. The zero-order chi connectivity index (χ0) is 28.6. The lowest BCUT2D eigenvalue weighted by Gasteiger charge is -2.32. The normalized spacial score (nSPS) is 13.3. The van der Waals surface area contributed by atoms with Gasteiger partial charge in [-0.2, -0.15) is 0 Å². The van der Waals surface area contributed by atoms with Gasteiger partial charge in [0.05, 0.1) is 11.1 Å². The van der Waals surface area contributed by atoms with Crippen LogP contribution in [0, 0.1) is 5.92 Å². The molecule has 0 aliphatic carbocycles. The number of hydrogen-bond donors (Lipinski definition) is 1. The van der Waals surface area contributed by atoms with Crippen LogP contribution in [0.1, 0.15) is 58.5 Å². The number of carbonyl (C=O) groups is 4. The van der Waals surface area contributed by atoms with Crippen molar-refractivity contribution in [3.63, 3.8) is 0 Å². The Morgan fingerprint density at radius 2 is 1.45 bits per heavy atom. The predicted molar refractivity (Wildman–Crippen MR) is 158 cm³/mol. The number of halogens is 1. The van der Waals surface area contributed by atoms with Crippen LogP contribution in [0.25, 0.3) is 0 Å². The average Bonchev–Trinajstić information content (AvgIpc) is 3.20. The number of rotatable bonds is 12. The van der Waals surface area contributed by atoms with Crippen LogP contribution in [0.4, 0.5) is 0 Å². The molecule has 3 aromatic rings. The van der Waals surface area contributed by atoms with Gasteiger partial charge in [0.25, 0.3) is 11.8 Å². The van der Waals surface area contributed by atoms with Crippen molar-refractivity contribution in [2.24, 2.45) is 5.92 Å². The van der Waals surface area contributed by atoms with Crippen molar-refractivity contribution in [2.45, 2.75) is 45.7 Å². The van der Waals surface area contributed by atoms with E-state index >= 15 is 0 Å². The molecule has 0 aromatic heterocycles. The summed E-state index contributed by atoms with van der Waals surface area (Å²) in [6, 6.07) is 23.3. The van der Waals surface area contributed by atoms with Crippen LogP contribution < -0.4 is 5.32 Å². The molecule has 0 bridgehead atoms. The molecule has 1 aliphatic heterocycles. The van der Waals surface area contributed by atoms with Gasteiger partial charge in [0, 0.05) is 36.9 Å². The minimum Gasteiger partial charge on any atom is -0.354 e. The summed E-state index contributed by atoms with van der Waals surface area (Å²) >= 11 is 3.45. The third-order valence-electron chi connectivity index (χ3n) is 6.87. The Kier molecular flexibility index (Phi) is 9.88. The third-order valence-corrected chi connectivity index (χ3v) is 7.40. The third kappa shape index (κ3) is 7.24. The molecule has 1 heterocycles. The van der Waals surface area contributed by atoms with Crippen molar-refractivity contribution in [3.8, 4) is 0 Å². The maximum Gasteiger partial charge on any atom is 0.261 e. The minimum absolute atomic E-state index is 0.0900. The zero-order valence-electron chi connectivity index (χ0n) is 22.8. The van der Waals surface area contributed by atoms with E-state index in [9.17, 15) is 19.2 Å². The van der Waals surface area contributed by atoms with Crippen molar-refractivity contribution in [3.05, 3.63) is 106 Å². The van der Waals surface area contributed by atoms with Gasteiger partial charge >= 0.3 is 0 Å². The van der Waals surface area contributed by atoms with Gasteiger partial charge in [-0.05, 0) is 47.7 Å². The fraction of sp³-hybridized carbons (Fsp3) is 0.312. The molecule has 0 fully saturated rings. The van der Waals surface area contributed by atoms with Gasteiger partial charge in [-0.15, -0.1) is 0 Å². The first-order chi connectivity index (χ1) is 19.2. The first-order valence-electron chi connectivity index (χ1n) is 13.6. The molecule has 0 saturated carbocycles. The molecule has 0 radical (unpaired) electrons. The summed E-state index contributed by atoms with van der Waals surface area (Å²) in [5.41, 5.74) is 2.62. The highest BCUT2D eigenvalue weighted by Crippen LogP contribution is 2.23. The Hall–Kier alpha value is -3.78. The van der Waals surface area contributed by atoms with Crippen LogP contribution in [0.15, 0.2) is 83.3 Å². The van der Waals surface area contributed by atoms with E-state index in [4.69, 9.17) is 0 Å². The highest BCUT2D eigenvalue weighted by Gasteiger charge is 2.35. The lowest BCUT2D eigenvalue weighted by atomic mass is 10.0. The molecule has 0 spiro atoms. The van der Waals surface area contributed by atoms with E-state index < -0.39 is 6.04 Å². The highest BCUT2D eigenvalue weighted by molar-refractivity contribution is 9.10. The van der Waals surface area contributed by atoms with Gasteiger partial charge in [0.1, 0.15) is 6.04 Å². The van der Waals surface area contributed by atoms with E-state index in [0.717, 1.165) is 15.6 Å². The van der Waals surface area contributed by atoms with E-state index in [2.05, 4.69) is 21.2 Å². The Bertz CT molecular complexity index is 1320. The first kappa shape index (κ1) is 29.2.